The molecule has 0 spiro atoms. The van der Waals surface area contributed by atoms with E-state index in [2.05, 4.69) is 4.98 Å². The fourth-order valence-corrected chi connectivity index (χ4v) is 5.15. The Labute approximate surface area is 151 Å². The van der Waals surface area contributed by atoms with Gasteiger partial charge in [-0.05, 0) is 24.3 Å². The Morgan fingerprint density at radius 1 is 1.16 bits per heavy atom. The number of aromatic nitrogens is 2. The van der Waals surface area contributed by atoms with Crippen molar-refractivity contribution in [1.29, 1.82) is 0 Å². The van der Waals surface area contributed by atoms with Gasteiger partial charge in [0.1, 0.15) is 0 Å². The van der Waals surface area contributed by atoms with Crippen LogP contribution in [0.4, 0.5) is 0 Å². The first-order valence-corrected chi connectivity index (χ1v) is 9.02. The number of hydrogen-bond donors (Lipinski definition) is 0. The highest BCUT2D eigenvalue weighted by Crippen LogP contribution is 2.54. The molecule has 0 radical (unpaired) electrons. The molecule has 1 saturated heterocycles. The third-order valence-corrected chi connectivity index (χ3v) is 6.17. The summed E-state index contributed by atoms with van der Waals surface area (Å²) in [5.41, 5.74) is 0.237. The minimum atomic E-state index is -1.01. The normalized spacial score (nSPS) is 24.2. The quantitative estimate of drug-likeness (QED) is 0.486. The van der Waals surface area contributed by atoms with Crippen LogP contribution in [0.1, 0.15) is 12.0 Å². The second kappa shape index (κ2) is 5.09. The molecule has 2 aliphatic heterocycles. The Morgan fingerprint density at radius 3 is 2.72 bits per heavy atom. The molecule has 3 heterocycles. The molecule has 7 heteroatoms. The van der Waals surface area contributed by atoms with E-state index >= 15 is 0 Å². The number of esters is 1. The number of hydrogen-bond acceptors (Lipinski definition) is 5. The van der Waals surface area contributed by atoms with Gasteiger partial charge in [-0.1, -0.05) is 47.6 Å². The number of ether oxygens (including phenoxy) is 1. The molecular weight excluding hydrogens is 360 g/mol. The summed E-state index contributed by atoms with van der Waals surface area (Å²) in [6.07, 6.45) is 0.263. The molecule has 3 aromatic rings. The molecule has 1 aromatic heterocycles. The number of nitrogens with zero attached hydrogens (tertiary/aromatic N) is 2. The van der Waals surface area contributed by atoms with Crippen LogP contribution >= 0.6 is 23.4 Å². The second-order valence-electron chi connectivity index (χ2n) is 6.04. The van der Waals surface area contributed by atoms with Crippen LogP contribution < -0.4 is 5.56 Å². The van der Waals surface area contributed by atoms with Crippen LogP contribution in [0.25, 0.3) is 10.9 Å². The van der Waals surface area contributed by atoms with Gasteiger partial charge in [0, 0.05) is 10.6 Å². The lowest BCUT2D eigenvalue weighted by molar-refractivity contribution is -0.151. The zero-order chi connectivity index (χ0) is 17.2. The summed E-state index contributed by atoms with van der Waals surface area (Å²) in [6, 6.07) is 14.5. The topological polar surface area (TPSA) is 61.2 Å². The Bertz CT molecular complexity index is 1100. The van der Waals surface area contributed by atoms with E-state index in [0.717, 1.165) is 5.56 Å². The number of halogens is 1. The summed E-state index contributed by atoms with van der Waals surface area (Å²) in [5.74, 6) is -0.263. The summed E-state index contributed by atoms with van der Waals surface area (Å²) < 4.78 is 7.77. The standard InChI is InChI=1S/C18H11ClN2O3S/c19-11-7-5-10(6-8-11)18-14(9-15(22)24-18)25-17-20-16(23)12-3-1-2-4-13(12)21(17)18/h1-8,14H,9H2. The largest absolute Gasteiger partial charge is 0.433 e. The zero-order valence-corrected chi connectivity index (χ0v) is 14.4. The molecule has 2 atom stereocenters. The number of fused-ring (bicyclic) bond motifs is 5. The van der Waals surface area contributed by atoms with Crippen molar-refractivity contribution in [3.63, 3.8) is 0 Å². The Kier molecular flexibility index (Phi) is 3.05. The zero-order valence-electron chi connectivity index (χ0n) is 12.8. The highest BCUT2D eigenvalue weighted by molar-refractivity contribution is 8.00. The van der Waals surface area contributed by atoms with Crippen LogP contribution in [-0.2, 0) is 15.3 Å². The first-order valence-electron chi connectivity index (χ1n) is 7.76. The molecule has 0 aliphatic carbocycles. The molecule has 0 saturated carbocycles. The number of carbonyl (C=O) groups is 1. The van der Waals surface area contributed by atoms with Crippen LogP contribution in [0.2, 0.25) is 5.02 Å². The monoisotopic (exact) mass is 370 g/mol. The molecule has 0 bridgehead atoms. The van der Waals surface area contributed by atoms with Crippen molar-refractivity contribution >= 4 is 40.2 Å². The number of thioether (sulfide) groups is 1. The van der Waals surface area contributed by atoms with E-state index in [1.165, 1.54) is 11.8 Å². The fourth-order valence-electron chi connectivity index (χ4n) is 3.62. The minimum Gasteiger partial charge on any atom is -0.433 e. The molecule has 2 aliphatic rings. The fraction of sp³-hybridized carbons (Fsp3) is 0.167. The third-order valence-electron chi connectivity index (χ3n) is 4.66. The maximum Gasteiger partial charge on any atom is 0.309 e. The van der Waals surface area contributed by atoms with Crippen LogP contribution in [-0.4, -0.2) is 20.8 Å². The summed E-state index contributed by atoms with van der Waals surface area (Å²) in [5, 5.41) is 1.49. The van der Waals surface area contributed by atoms with Gasteiger partial charge in [0.25, 0.3) is 5.56 Å². The van der Waals surface area contributed by atoms with Crippen molar-refractivity contribution in [2.24, 2.45) is 0 Å². The molecular formula is C18H11ClN2O3S. The first kappa shape index (κ1) is 15.0. The van der Waals surface area contributed by atoms with Crippen molar-refractivity contribution in [2.75, 3.05) is 0 Å². The molecule has 5 nitrogen and oxygen atoms in total. The molecule has 5 rings (SSSR count). The van der Waals surface area contributed by atoms with Gasteiger partial charge in [-0.25, -0.2) is 0 Å². The molecule has 0 amide bonds. The van der Waals surface area contributed by atoms with Gasteiger partial charge in [0.2, 0.25) is 5.72 Å². The van der Waals surface area contributed by atoms with Crippen LogP contribution in [0.15, 0.2) is 58.5 Å². The number of benzene rings is 2. The highest BCUT2D eigenvalue weighted by atomic mass is 35.5. The van der Waals surface area contributed by atoms with Gasteiger partial charge < -0.3 is 4.74 Å². The van der Waals surface area contributed by atoms with Crippen LogP contribution in [0.3, 0.4) is 0 Å². The lowest BCUT2D eigenvalue weighted by Crippen LogP contribution is -2.39. The average Bonchev–Trinajstić information content (AvgIpc) is 3.07. The van der Waals surface area contributed by atoms with E-state index in [0.29, 0.717) is 21.1 Å². The van der Waals surface area contributed by atoms with Crippen LogP contribution in [0, 0.1) is 0 Å². The van der Waals surface area contributed by atoms with Crippen molar-refractivity contribution in [3.8, 4) is 0 Å². The van der Waals surface area contributed by atoms with Crippen molar-refractivity contribution in [2.45, 2.75) is 22.6 Å². The van der Waals surface area contributed by atoms with Crippen molar-refractivity contribution in [3.05, 3.63) is 69.5 Å². The predicted molar refractivity (Wildman–Crippen MR) is 94.9 cm³/mol. The Balaban J connectivity index is 1.89. The van der Waals surface area contributed by atoms with Gasteiger partial charge in [-0.3, -0.25) is 14.2 Å². The van der Waals surface area contributed by atoms with Gasteiger partial charge in [-0.15, -0.1) is 0 Å². The molecule has 2 aromatic carbocycles. The predicted octanol–water partition coefficient (Wildman–Crippen LogP) is 3.17. The van der Waals surface area contributed by atoms with E-state index in [9.17, 15) is 9.59 Å². The lowest BCUT2D eigenvalue weighted by atomic mass is 9.98. The number of rotatable bonds is 1. The maximum absolute atomic E-state index is 12.3. The lowest BCUT2D eigenvalue weighted by Gasteiger charge is -2.31. The molecule has 1 fully saturated rings. The SMILES string of the molecule is O=C1CC2Sc3nc(=O)c4ccccc4n3C2(c2ccc(Cl)cc2)O1. The summed E-state index contributed by atoms with van der Waals surface area (Å²) in [6.45, 7) is 0. The van der Waals surface area contributed by atoms with E-state index in [1.807, 2.05) is 28.8 Å². The summed E-state index contributed by atoms with van der Waals surface area (Å²) in [7, 11) is 0. The van der Waals surface area contributed by atoms with E-state index in [1.54, 1.807) is 24.3 Å². The smallest absolute Gasteiger partial charge is 0.309 e. The highest BCUT2D eigenvalue weighted by Gasteiger charge is 2.58. The van der Waals surface area contributed by atoms with Gasteiger partial charge in [0.15, 0.2) is 5.16 Å². The summed E-state index contributed by atoms with van der Waals surface area (Å²) >= 11 is 7.44. The second-order valence-corrected chi connectivity index (χ2v) is 7.65. The molecule has 25 heavy (non-hydrogen) atoms. The van der Waals surface area contributed by atoms with E-state index in [4.69, 9.17) is 16.3 Å². The minimum absolute atomic E-state index is 0.182. The van der Waals surface area contributed by atoms with Gasteiger partial charge in [0.05, 0.1) is 22.6 Å². The molecule has 0 N–H and O–H groups in total. The molecule has 2 unspecified atom stereocenters. The van der Waals surface area contributed by atoms with E-state index < -0.39 is 5.72 Å². The summed E-state index contributed by atoms with van der Waals surface area (Å²) in [4.78, 5) is 28.7. The third kappa shape index (κ3) is 1.95. The van der Waals surface area contributed by atoms with Gasteiger partial charge in [-0.2, -0.15) is 4.98 Å². The van der Waals surface area contributed by atoms with E-state index in [-0.39, 0.29) is 23.2 Å². The van der Waals surface area contributed by atoms with Gasteiger partial charge >= 0.3 is 5.97 Å². The average molecular weight is 371 g/mol. The number of para-hydroxylation sites is 1. The van der Waals surface area contributed by atoms with Crippen molar-refractivity contribution in [1.82, 2.24) is 9.55 Å². The number of carbonyl (C=O) groups excluding carboxylic acids is 1. The Morgan fingerprint density at radius 2 is 1.92 bits per heavy atom. The molecule has 124 valence electrons. The first-order chi connectivity index (χ1) is 12.1. The van der Waals surface area contributed by atoms with Crippen molar-refractivity contribution < 1.29 is 9.53 Å². The Hall–Kier alpha value is -2.31. The van der Waals surface area contributed by atoms with Crippen LogP contribution in [0.5, 0.6) is 0 Å². The maximum atomic E-state index is 12.3.